The summed E-state index contributed by atoms with van der Waals surface area (Å²) in [4.78, 5) is 0. The SMILES string of the molecule is CCCCCCCCCCCCn1cc(COC2C(OC)OC(CO)C(O)C2OCc2cn(CCCCCCCCCCCC)nn2)nn1. The van der Waals surface area contributed by atoms with Gasteiger partial charge in [-0.25, -0.2) is 0 Å². The van der Waals surface area contributed by atoms with E-state index in [9.17, 15) is 10.2 Å². The van der Waals surface area contributed by atoms with E-state index in [0.717, 1.165) is 25.9 Å². The summed E-state index contributed by atoms with van der Waals surface area (Å²) in [6, 6.07) is 0. The maximum Gasteiger partial charge on any atom is 0.186 e. The van der Waals surface area contributed by atoms with Crippen LogP contribution >= 0.6 is 0 Å². The first-order valence-corrected chi connectivity index (χ1v) is 19.6. The van der Waals surface area contributed by atoms with Gasteiger partial charge in [0.05, 0.1) is 32.2 Å². The molecule has 2 aromatic heterocycles. The van der Waals surface area contributed by atoms with Gasteiger partial charge in [0.25, 0.3) is 0 Å². The number of methoxy groups -OCH3 is 1. The predicted molar refractivity (Wildman–Crippen MR) is 190 cm³/mol. The molecule has 5 atom stereocenters. The van der Waals surface area contributed by atoms with Gasteiger partial charge in [-0.3, -0.25) is 9.36 Å². The van der Waals surface area contributed by atoms with Crippen molar-refractivity contribution in [2.75, 3.05) is 13.7 Å². The summed E-state index contributed by atoms with van der Waals surface area (Å²) in [6.07, 6.45) is 25.1. The lowest BCUT2D eigenvalue weighted by molar-refractivity contribution is -0.314. The van der Waals surface area contributed by atoms with Gasteiger partial charge in [-0.05, 0) is 12.8 Å². The molecule has 0 radical (unpaired) electrons. The molecule has 3 heterocycles. The fraction of sp³-hybridized carbons (Fsp3) is 0.892. The van der Waals surface area contributed by atoms with Crippen LogP contribution in [-0.2, 0) is 45.3 Å². The predicted octanol–water partition coefficient (Wildman–Crippen LogP) is 6.91. The Morgan fingerprint density at radius 2 is 1.04 bits per heavy atom. The molecule has 0 bridgehead atoms. The number of rotatable bonds is 30. The average Bonchev–Trinajstić information content (AvgIpc) is 3.77. The van der Waals surface area contributed by atoms with Crippen molar-refractivity contribution in [1.29, 1.82) is 0 Å². The molecule has 0 aliphatic carbocycles. The summed E-state index contributed by atoms with van der Waals surface area (Å²) in [5.41, 5.74) is 1.34. The number of aryl methyl sites for hydroxylation is 2. The summed E-state index contributed by atoms with van der Waals surface area (Å²) in [6.45, 7) is 6.05. The van der Waals surface area contributed by atoms with Crippen LogP contribution in [0.3, 0.4) is 0 Å². The van der Waals surface area contributed by atoms with E-state index in [2.05, 4.69) is 34.5 Å². The summed E-state index contributed by atoms with van der Waals surface area (Å²) in [5, 5.41) is 38.0. The zero-order valence-corrected chi connectivity index (χ0v) is 30.9. The summed E-state index contributed by atoms with van der Waals surface area (Å²) >= 11 is 0. The van der Waals surface area contributed by atoms with Crippen molar-refractivity contribution in [3.63, 3.8) is 0 Å². The molecule has 12 nitrogen and oxygen atoms in total. The van der Waals surface area contributed by atoms with Gasteiger partial charge >= 0.3 is 0 Å². The molecule has 5 unspecified atom stereocenters. The smallest absolute Gasteiger partial charge is 0.186 e. The van der Waals surface area contributed by atoms with Crippen LogP contribution in [0, 0.1) is 0 Å². The minimum atomic E-state index is -1.13. The highest BCUT2D eigenvalue weighted by Crippen LogP contribution is 2.28. The fourth-order valence-electron chi connectivity index (χ4n) is 6.51. The molecule has 1 aliphatic heterocycles. The van der Waals surface area contributed by atoms with Crippen LogP contribution in [-0.4, -0.2) is 84.6 Å². The molecular weight excluding hydrogens is 624 g/mol. The Kier molecular flexibility index (Phi) is 21.9. The summed E-state index contributed by atoms with van der Waals surface area (Å²) in [7, 11) is 1.51. The molecular formula is C37H68N6O6. The van der Waals surface area contributed by atoms with Crippen LogP contribution in [0.15, 0.2) is 12.4 Å². The highest BCUT2D eigenvalue weighted by molar-refractivity contribution is 4.96. The van der Waals surface area contributed by atoms with Gasteiger partial charge in [0.2, 0.25) is 0 Å². The minimum Gasteiger partial charge on any atom is -0.394 e. The first-order valence-electron chi connectivity index (χ1n) is 19.6. The van der Waals surface area contributed by atoms with Crippen LogP contribution in [0.4, 0.5) is 0 Å². The first-order chi connectivity index (χ1) is 24.1. The lowest BCUT2D eigenvalue weighted by Crippen LogP contribution is -2.60. The third kappa shape index (κ3) is 16.3. The molecule has 1 fully saturated rings. The number of aliphatic hydroxyl groups excluding tert-OH is 2. The van der Waals surface area contributed by atoms with E-state index in [1.807, 2.05) is 21.8 Å². The quantitative estimate of drug-likeness (QED) is 0.0831. The Labute approximate surface area is 295 Å². The van der Waals surface area contributed by atoms with Crippen LogP contribution in [0.2, 0.25) is 0 Å². The Bertz CT molecular complexity index is 1070. The Morgan fingerprint density at radius 3 is 1.45 bits per heavy atom. The number of aromatic nitrogens is 6. The second-order valence-corrected chi connectivity index (χ2v) is 13.8. The number of hydrogen-bond donors (Lipinski definition) is 2. The summed E-state index contributed by atoms with van der Waals surface area (Å²) < 4.78 is 27.5. The van der Waals surface area contributed by atoms with E-state index in [1.54, 1.807) is 0 Å². The third-order valence-corrected chi connectivity index (χ3v) is 9.53. The van der Waals surface area contributed by atoms with Crippen LogP contribution in [0.5, 0.6) is 0 Å². The third-order valence-electron chi connectivity index (χ3n) is 9.53. The highest BCUT2D eigenvalue weighted by Gasteiger charge is 2.47. The van der Waals surface area contributed by atoms with E-state index < -0.39 is 30.7 Å². The molecule has 1 saturated heterocycles. The van der Waals surface area contributed by atoms with Crippen molar-refractivity contribution in [2.24, 2.45) is 0 Å². The van der Waals surface area contributed by atoms with Gasteiger partial charge in [-0.15, -0.1) is 10.2 Å². The maximum atomic E-state index is 11.1. The molecule has 282 valence electrons. The Hall–Kier alpha value is -1.96. The van der Waals surface area contributed by atoms with Gasteiger partial charge in [0.15, 0.2) is 6.29 Å². The number of aliphatic hydroxyl groups is 2. The monoisotopic (exact) mass is 693 g/mol. The van der Waals surface area contributed by atoms with Crippen LogP contribution in [0.25, 0.3) is 0 Å². The lowest BCUT2D eigenvalue weighted by Gasteiger charge is -2.43. The van der Waals surface area contributed by atoms with Crippen molar-refractivity contribution < 1.29 is 29.2 Å². The molecule has 12 heteroatoms. The second kappa shape index (κ2) is 25.9. The molecule has 0 amide bonds. The van der Waals surface area contributed by atoms with Crippen molar-refractivity contribution in [2.45, 2.75) is 199 Å². The van der Waals surface area contributed by atoms with Gasteiger partial charge in [0, 0.05) is 20.2 Å². The fourth-order valence-corrected chi connectivity index (χ4v) is 6.51. The van der Waals surface area contributed by atoms with Gasteiger partial charge in [-0.1, -0.05) is 140 Å². The van der Waals surface area contributed by atoms with Gasteiger partial charge in [0.1, 0.15) is 35.8 Å². The second-order valence-electron chi connectivity index (χ2n) is 13.8. The molecule has 0 aromatic carbocycles. The Balaban J connectivity index is 1.40. The molecule has 2 aromatic rings. The summed E-state index contributed by atoms with van der Waals surface area (Å²) in [5.74, 6) is 0. The standard InChI is InChI=1S/C37H68N6O6/c1-4-6-8-10-12-14-16-18-20-22-24-42-26-31(38-40-42)29-47-35-34(45)33(28-44)49-37(46-3)36(35)48-30-32-27-43(41-39-32)25-23-21-19-17-15-13-11-9-7-5-2/h26-27,33-37,44-45H,4-25,28-30H2,1-3H3. The average molecular weight is 693 g/mol. The van der Waals surface area contributed by atoms with Gasteiger partial charge in [-0.2, -0.15) is 0 Å². The first kappa shape index (κ1) is 41.5. The number of nitrogens with zero attached hydrogens (tertiary/aromatic N) is 6. The lowest BCUT2D eigenvalue weighted by atomic mass is 9.98. The Morgan fingerprint density at radius 1 is 0.633 bits per heavy atom. The zero-order chi connectivity index (χ0) is 34.9. The van der Waals surface area contributed by atoms with E-state index in [-0.39, 0.29) is 19.8 Å². The van der Waals surface area contributed by atoms with Crippen molar-refractivity contribution in [3.05, 3.63) is 23.8 Å². The number of hydrogen-bond acceptors (Lipinski definition) is 10. The van der Waals surface area contributed by atoms with Gasteiger partial charge < -0.3 is 29.2 Å². The molecule has 2 N–H and O–H groups in total. The topological polar surface area (TPSA) is 139 Å². The molecule has 0 spiro atoms. The number of ether oxygens (including phenoxy) is 4. The van der Waals surface area contributed by atoms with Crippen molar-refractivity contribution in [3.8, 4) is 0 Å². The number of unbranched alkanes of at least 4 members (excludes halogenated alkanes) is 18. The molecule has 49 heavy (non-hydrogen) atoms. The highest BCUT2D eigenvalue weighted by atomic mass is 16.7. The molecule has 3 rings (SSSR count). The normalized spacial score (nSPS) is 21.1. The van der Waals surface area contributed by atoms with E-state index >= 15 is 0 Å². The van der Waals surface area contributed by atoms with E-state index in [4.69, 9.17) is 18.9 Å². The minimum absolute atomic E-state index is 0.128. The van der Waals surface area contributed by atoms with Crippen LogP contribution < -0.4 is 0 Å². The van der Waals surface area contributed by atoms with Crippen LogP contribution in [0.1, 0.15) is 154 Å². The largest absolute Gasteiger partial charge is 0.394 e. The van der Waals surface area contributed by atoms with Crippen molar-refractivity contribution in [1.82, 2.24) is 30.0 Å². The van der Waals surface area contributed by atoms with E-state index in [0.29, 0.717) is 11.4 Å². The molecule has 1 aliphatic rings. The molecule has 0 saturated carbocycles. The van der Waals surface area contributed by atoms with E-state index in [1.165, 1.54) is 123 Å². The van der Waals surface area contributed by atoms with Crippen molar-refractivity contribution >= 4 is 0 Å². The zero-order valence-electron chi connectivity index (χ0n) is 30.9. The maximum absolute atomic E-state index is 11.1.